The van der Waals surface area contributed by atoms with Gasteiger partial charge >= 0.3 is 0 Å². The lowest BCUT2D eigenvalue weighted by atomic mass is 9.65. The highest BCUT2D eigenvalue weighted by Gasteiger charge is 2.34. The first-order valence-electron chi connectivity index (χ1n) is 5.19. The van der Waals surface area contributed by atoms with E-state index in [0.29, 0.717) is 17.9 Å². The Morgan fingerprint density at radius 2 is 2.17 bits per heavy atom. The first kappa shape index (κ1) is 10.0. The monoisotopic (exact) mass is 170 g/mol. The van der Waals surface area contributed by atoms with Gasteiger partial charge in [0.15, 0.2) is 0 Å². The van der Waals surface area contributed by atoms with E-state index in [1.807, 2.05) is 0 Å². The smallest absolute Gasteiger partial charge is 0.0459 e. The number of aliphatic hydroxyl groups is 1. The van der Waals surface area contributed by atoms with Gasteiger partial charge in [-0.2, -0.15) is 0 Å². The molecule has 1 nitrogen and oxygen atoms in total. The molecule has 1 saturated carbocycles. The maximum Gasteiger partial charge on any atom is 0.0459 e. The van der Waals surface area contributed by atoms with Crippen molar-refractivity contribution < 1.29 is 5.11 Å². The van der Waals surface area contributed by atoms with Crippen LogP contribution in [-0.4, -0.2) is 11.7 Å². The first-order valence-corrected chi connectivity index (χ1v) is 5.19. The van der Waals surface area contributed by atoms with Crippen LogP contribution in [0.5, 0.6) is 0 Å². The minimum atomic E-state index is 0.391. The quantitative estimate of drug-likeness (QED) is 0.675. The van der Waals surface area contributed by atoms with Crippen molar-refractivity contribution in [2.75, 3.05) is 6.61 Å². The van der Waals surface area contributed by atoms with Crippen LogP contribution in [0, 0.1) is 17.3 Å². The molecule has 0 aliphatic heterocycles. The van der Waals surface area contributed by atoms with E-state index in [2.05, 4.69) is 20.8 Å². The van der Waals surface area contributed by atoms with Crippen LogP contribution in [0.25, 0.3) is 0 Å². The third-order valence-electron chi connectivity index (χ3n) is 3.77. The highest BCUT2D eigenvalue weighted by molar-refractivity contribution is 4.84. The van der Waals surface area contributed by atoms with Crippen LogP contribution in [0.2, 0.25) is 0 Å². The topological polar surface area (TPSA) is 20.2 Å². The predicted octanol–water partition coefficient (Wildman–Crippen LogP) is 2.83. The summed E-state index contributed by atoms with van der Waals surface area (Å²) >= 11 is 0. The fourth-order valence-electron chi connectivity index (χ4n) is 2.34. The summed E-state index contributed by atoms with van der Waals surface area (Å²) in [7, 11) is 0. The molecule has 1 fully saturated rings. The Kier molecular flexibility index (Phi) is 3.16. The third kappa shape index (κ3) is 2.01. The van der Waals surface area contributed by atoms with Gasteiger partial charge in [-0.1, -0.05) is 27.2 Å². The van der Waals surface area contributed by atoms with E-state index >= 15 is 0 Å². The highest BCUT2D eigenvalue weighted by atomic mass is 16.3. The molecule has 0 aromatic carbocycles. The number of hydrogen-bond acceptors (Lipinski definition) is 1. The zero-order valence-electron chi connectivity index (χ0n) is 8.64. The lowest BCUT2D eigenvalue weighted by molar-refractivity contribution is 0.0702. The van der Waals surface area contributed by atoms with E-state index in [-0.39, 0.29) is 0 Å². The maximum absolute atomic E-state index is 9.11. The van der Waals surface area contributed by atoms with Gasteiger partial charge in [-0.15, -0.1) is 0 Å². The molecule has 0 aromatic rings. The molecule has 72 valence electrons. The van der Waals surface area contributed by atoms with E-state index in [9.17, 15) is 0 Å². The SMILES string of the molecule is CC(C)C1(C)CCCC(CO)C1. The standard InChI is InChI=1S/C11H22O/c1-9(2)11(3)6-4-5-10(7-11)8-12/h9-10,12H,4-8H2,1-3H3. The van der Waals surface area contributed by atoms with Crippen molar-refractivity contribution in [1.29, 1.82) is 0 Å². The van der Waals surface area contributed by atoms with Gasteiger partial charge in [-0.3, -0.25) is 0 Å². The lowest BCUT2D eigenvalue weighted by Gasteiger charge is -2.41. The van der Waals surface area contributed by atoms with Crippen molar-refractivity contribution in [3.05, 3.63) is 0 Å². The van der Waals surface area contributed by atoms with Gasteiger partial charge in [0.1, 0.15) is 0 Å². The molecule has 1 aliphatic rings. The fourth-order valence-corrected chi connectivity index (χ4v) is 2.34. The first-order chi connectivity index (χ1) is 5.58. The molecule has 0 amide bonds. The summed E-state index contributed by atoms with van der Waals surface area (Å²) in [5, 5.41) is 9.11. The summed E-state index contributed by atoms with van der Waals surface area (Å²) in [5.41, 5.74) is 0.492. The van der Waals surface area contributed by atoms with E-state index in [0.717, 1.165) is 5.92 Å². The van der Waals surface area contributed by atoms with Gasteiger partial charge in [-0.25, -0.2) is 0 Å². The molecule has 0 spiro atoms. The summed E-state index contributed by atoms with van der Waals surface area (Å²) in [4.78, 5) is 0. The summed E-state index contributed by atoms with van der Waals surface area (Å²) < 4.78 is 0. The minimum Gasteiger partial charge on any atom is -0.396 e. The normalized spacial score (nSPS) is 37.2. The molecular formula is C11H22O. The van der Waals surface area contributed by atoms with Crippen molar-refractivity contribution in [2.24, 2.45) is 17.3 Å². The number of hydrogen-bond donors (Lipinski definition) is 1. The molecule has 0 aromatic heterocycles. The van der Waals surface area contributed by atoms with Crippen molar-refractivity contribution >= 4 is 0 Å². The van der Waals surface area contributed by atoms with Crippen LogP contribution < -0.4 is 0 Å². The Hall–Kier alpha value is -0.0400. The van der Waals surface area contributed by atoms with E-state index in [1.54, 1.807) is 0 Å². The molecular weight excluding hydrogens is 148 g/mol. The maximum atomic E-state index is 9.11. The van der Waals surface area contributed by atoms with Crippen molar-refractivity contribution in [1.82, 2.24) is 0 Å². The minimum absolute atomic E-state index is 0.391. The predicted molar refractivity (Wildman–Crippen MR) is 52.0 cm³/mol. The van der Waals surface area contributed by atoms with Crippen LogP contribution in [-0.2, 0) is 0 Å². The van der Waals surface area contributed by atoms with Gasteiger partial charge in [-0.05, 0) is 36.5 Å². The van der Waals surface area contributed by atoms with E-state index in [4.69, 9.17) is 5.11 Å². The van der Waals surface area contributed by atoms with Crippen LogP contribution in [0.4, 0.5) is 0 Å². The average Bonchev–Trinajstić information content (AvgIpc) is 2.04. The Bertz CT molecular complexity index is 142. The summed E-state index contributed by atoms with van der Waals surface area (Å²) in [6, 6.07) is 0. The zero-order chi connectivity index (χ0) is 9.19. The second-order valence-corrected chi connectivity index (χ2v) is 4.95. The van der Waals surface area contributed by atoms with Gasteiger partial charge in [0, 0.05) is 6.61 Å². The van der Waals surface area contributed by atoms with Crippen LogP contribution in [0.3, 0.4) is 0 Å². The molecule has 1 aliphatic carbocycles. The molecule has 2 unspecified atom stereocenters. The zero-order valence-corrected chi connectivity index (χ0v) is 8.64. The number of rotatable bonds is 2. The van der Waals surface area contributed by atoms with E-state index in [1.165, 1.54) is 25.7 Å². The molecule has 1 rings (SSSR count). The molecule has 2 atom stereocenters. The van der Waals surface area contributed by atoms with E-state index < -0.39 is 0 Å². The van der Waals surface area contributed by atoms with Crippen LogP contribution in [0.15, 0.2) is 0 Å². The Labute approximate surface area is 76.2 Å². The van der Waals surface area contributed by atoms with Gasteiger partial charge in [0.05, 0.1) is 0 Å². The molecule has 1 N–H and O–H groups in total. The second kappa shape index (κ2) is 3.78. The van der Waals surface area contributed by atoms with Gasteiger partial charge in [0.2, 0.25) is 0 Å². The summed E-state index contributed by atoms with van der Waals surface area (Å²) in [5.74, 6) is 1.33. The number of aliphatic hydroxyl groups excluding tert-OH is 1. The summed E-state index contributed by atoms with van der Waals surface area (Å²) in [6.45, 7) is 7.38. The molecule has 1 heteroatoms. The molecule has 0 bridgehead atoms. The Morgan fingerprint density at radius 1 is 1.50 bits per heavy atom. The van der Waals surface area contributed by atoms with Crippen LogP contribution >= 0.6 is 0 Å². The fraction of sp³-hybridized carbons (Fsp3) is 1.00. The van der Waals surface area contributed by atoms with Gasteiger partial charge in [0.25, 0.3) is 0 Å². The molecule has 0 radical (unpaired) electrons. The molecule has 0 heterocycles. The average molecular weight is 170 g/mol. The van der Waals surface area contributed by atoms with Gasteiger partial charge < -0.3 is 5.11 Å². The van der Waals surface area contributed by atoms with Crippen molar-refractivity contribution in [2.45, 2.75) is 46.5 Å². The largest absolute Gasteiger partial charge is 0.396 e. The Balaban J connectivity index is 2.54. The Morgan fingerprint density at radius 3 is 2.67 bits per heavy atom. The lowest BCUT2D eigenvalue weighted by Crippen LogP contribution is -2.31. The summed E-state index contributed by atoms with van der Waals surface area (Å²) in [6.07, 6.45) is 5.11. The molecule has 0 saturated heterocycles. The van der Waals surface area contributed by atoms with Crippen LogP contribution in [0.1, 0.15) is 46.5 Å². The molecule has 12 heavy (non-hydrogen) atoms. The third-order valence-corrected chi connectivity index (χ3v) is 3.77. The van der Waals surface area contributed by atoms with Crippen molar-refractivity contribution in [3.8, 4) is 0 Å². The van der Waals surface area contributed by atoms with Crippen molar-refractivity contribution in [3.63, 3.8) is 0 Å². The second-order valence-electron chi connectivity index (χ2n) is 4.95. The highest BCUT2D eigenvalue weighted by Crippen LogP contribution is 2.44.